The van der Waals surface area contributed by atoms with Crippen molar-refractivity contribution in [1.29, 1.82) is 0 Å². The van der Waals surface area contributed by atoms with Gasteiger partial charge in [-0.3, -0.25) is 9.69 Å². The first-order valence-corrected chi connectivity index (χ1v) is 7.04. The molecule has 1 amide bonds. The van der Waals surface area contributed by atoms with Crippen molar-refractivity contribution in [1.82, 2.24) is 10.2 Å². The highest BCUT2D eigenvalue weighted by Gasteiger charge is 2.33. The highest BCUT2D eigenvalue weighted by Crippen LogP contribution is 2.32. The van der Waals surface area contributed by atoms with Crippen molar-refractivity contribution >= 4 is 5.91 Å². The molecule has 1 aromatic rings. The number of nitrogens with one attached hydrogen (secondary N) is 1. The molecule has 0 spiro atoms. The van der Waals surface area contributed by atoms with Crippen molar-refractivity contribution < 1.29 is 27.5 Å². The maximum atomic E-state index is 13.0. The van der Waals surface area contributed by atoms with E-state index in [0.29, 0.717) is 6.07 Å². The van der Waals surface area contributed by atoms with E-state index in [9.17, 15) is 27.5 Å². The number of nitrogens with zero attached hydrogens (tertiary/aromatic N) is 1. The summed E-state index contributed by atoms with van der Waals surface area (Å²) in [5.74, 6) is -1.47. The van der Waals surface area contributed by atoms with E-state index in [4.69, 9.17) is 0 Å². The maximum absolute atomic E-state index is 13.0. The molecule has 1 rings (SSSR count). The predicted molar refractivity (Wildman–Crippen MR) is 77.0 cm³/mol. The van der Waals surface area contributed by atoms with E-state index in [2.05, 4.69) is 5.32 Å². The Morgan fingerprint density at radius 1 is 1.35 bits per heavy atom. The van der Waals surface area contributed by atoms with Crippen LogP contribution in [0.2, 0.25) is 0 Å². The van der Waals surface area contributed by atoms with Crippen molar-refractivity contribution in [3.8, 4) is 0 Å². The average molecular weight is 336 g/mol. The molecule has 0 aromatic heterocycles. The Morgan fingerprint density at radius 2 is 1.96 bits per heavy atom. The lowest BCUT2D eigenvalue weighted by atomic mass is 10.1. The van der Waals surface area contributed by atoms with Gasteiger partial charge in [-0.15, -0.1) is 0 Å². The first-order valence-electron chi connectivity index (χ1n) is 7.04. The van der Waals surface area contributed by atoms with Gasteiger partial charge in [0.15, 0.2) is 0 Å². The fourth-order valence-corrected chi connectivity index (χ4v) is 2.07. The lowest BCUT2D eigenvalue weighted by Gasteiger charge is -2.25. The third-order valence-corrected chi connectivity index (χ3v) is 3.42. The van der Waals surface area contributed by atoms with Crippen LogP contribution in [0.25, 0.3) is 0 Å². The number of amides is 1. The summed E-state index contributed by atoms with van der Waals surface area (Å²) >= 11 is 0. The molecule has 0 saturated heterocycles. The highest BCUT2D eigenvalue weighted by atomic mass is 19.4. The van der Waals surface area contributed by atoms with E-state index in [1.54, 1.807) is 25.8 Å². The molecule has 0 fully saturated rings. The summed E-state index contributed by atoms with van der Waals surface area (Å²) in [6.07, 6.45) is -5.33. The Kier molecular flexibility index (Phi) is 6.52. The van der Waals surface area contributed by atoms with E-state index in [1.807, 2.05) is 0 Å². The van der Waals surface area contributed by atoms with Crippen LogP contribution in [0.15, 0.2) is 18.2 Å². The van der Waals surface area contributed by atoms with Crippen molar-refractivity contribution in [2.24, 2.45) is 0 Å². The van der Waals surface area contributed by atoms with Crippen LogP contribution in [0, 0.1) is 5.82 Å². The molecule has 4 nitrogen and oxygen atoms in total. The fourth-order valence-electron chi connectivity index (χ4n) is 2.07. The van der Waals surface area contributed by atoms with Crippen LogP contribution >= 0.6 is 0 Å². The number of carbonyl (C=O) groups is 1. The number of hydrogen-bond acceptors (Lipinski definition) is 3. The van der Waals surface area contributed by atoms with Crippen LogP contribution in [0.1, 0.15) is 25.0 Å². The standard InChI is InChI=1S/C15H20F4N2O2/c1-9(22)8-21(3)10(2)14(23)20-7-11-4-5-12(16)6-13(11)15(17,18)19/h4-6,9-10,22H,7-8H2,1-3H3,(H,20,23)/t9?,10-/m0/s1. The molecular weight excluding hydrogens is 316 g/mol. The first-order chi connectivity index (χ1) is 10.5. The van der Waals surface area contributed by atoms with Crippen LogP contribution in [0.3, 0.4) is 0 Å². The van der Waals surface area contributed by atoms with Gasteiger partial charge >= 0.3 is 6.18 Å². The third kappa shape index (κ3) is 5.80. The molecule has 8 heteroatoms. The number of aliphatic hydroxyl groups is 1. The van der Waals surface area contributed by atoms with Crippen molar-refractivity contribution in [3.05, 3.63) is 35.1 Å². The van der Waals surface area contributed by atoms with Gasteiger partial charge in [-0.05, 0) is 38.6 Å². The van der Waals surface area contributed by atoms with Crippen LogP contribution in [0.5, 0.6) is 0 Å². The number of likely N-dealkylation sites (N-methyl/N-ethyl adjacent to an activating group) is 1. The molecule has 2 N–H and O–H groups in total. The molecule has 23 heavy (non-hydrogen) atoms. The SMILES string of the molecule is CC(O)CN(C)[C@@H](C)C(=O)NCc1ccc(F)cc1C(F)(F)F. The molecule has 0 saturated carbocycles. The van der Waals surface area contributed by atoms with Crippen LogP contribution in [-0.2, 0) is 17.5 Å². The first kappa shape index (κ1) is 19.4. The zero-order valence-electron chi connectivity index (χ0n) is 13.1. The zero-order chi connectivity index (χ0) is 17.8. The molecule has 0 aliphatic carbocycles. The monoisotopic (exact) mass is 336 g/mol. The Bertz CT molecular complexity index is 547. The fraction of sp³-hybridized carbons (Fsp3) is 0.533. The number of hydrogen-bond donors (Lipinski definition) is 2. The largest absolute Gasteiger partial charge is 0.416 e. The summed E-state index contributed by atoms with van der Waals surface area (Å²) in [6.45, 7) is 3.03. The quantitative estimate of drug-likeness (QED) is 0.783. The number of aliphatic hydroxyl groups excluding tert-OH is 1. The molecule has 0 radical (unpaired) electrons. The summed E-state index contributed by atoms with van der Waals surface area (Å²) in [4.78, 5) is 13.6. The summed E-state index contributed by atoms with van der Waals surface area (Å²) in [7, 11) is 1.62. The van der Waals surface area contributed by atoms with Crippen LogP contribution in [-0.4, -0.2) is 41.7 Å². The minimum atomic E-state index is -4.70. The third-order valence-electron chi connectivity index (χ3n) is 3.42. The number of rotatable bonds is 6. The van der Waals surface area contributed by atoms with Gasteiger partial charge in [-0.25, -0.2) is 4.39 Å². The van der Waals surface area contributed by atoms with Gasteiger partial charge in [0.25, 0.3) is 0 Å². The Balaban J connectivity index is 2.77. The van der Waals surface area contributed by atoms with Crippen molar-refractivity contribution in [2.45, 2.75) is 38.7 Å². The summed E-state index contributed by atoms with van der Waals surface area (Å²) < 4.78 is 51.6. The molecule has 0 aliphatic heterocycles. The van der Waals surface area contributed by atoms with E-state index in [-0.39, 0.29) is 18.7 Å². The minimum absolute atomic E-state index is 0.211. The number of carbonyl (C=O) groups excluding carboxylic acids is 1. The van der Waals surface area contributed by atoms with Gasteiger partial charge in [0.1, 0.15) is 5.82 Å². The number of halogens is 4. The molecule has 0 heterocycles. The zero-order valence-corrected chi connectivity index (χ0v) is 13.1. The minimum Gasteiger partial charge on any atom is -0.392 e. The molecule has 2 atom stereocenters. The summed E-state index contributed by atoms with van der Waals surface area (Å²) in [6, 6.07) is 1.70. The van der Waals surface area contributed by atoms with Crippen molar-refractivity contribution in [2.75, 3.05) is 13.6 Å². The predicted octanol–water partition coefficient (Wildman–Crippen LogP) is 2.16. The van der Waals surface area contributed by atoms with Gasteiger partial charge in [0.2, 0.25) is 5.91 Å². The van der Waals surface area contributed by atoms with Crippen LogP contribution in [0.4, 0.5) is 17.6 Å². The van der Waals surface area contributed by atoms with Gasteiger partial charge < -0.3 is 10.4 Å². The number of benzene rings is 1. The second-order valence-electron chi connectivity index (χ2n) is 5.48. The van der Waals surface area contributed by atoms with E-state index in [0.717, 1.165) is 12.1 Å². The average Bonchev–Trinajstić information content (AvgIpc) is 2.43. The molecule has 1 aromatic carbocycles. The van der Waals surface area contributed by atoms with E-state index in [1.165, 1.54) is 0 Å². The van der Waals surface area contributed by atoms with Gasteiger partial charge in [0.05, 0.1) is 17.7 Å². The van der Waals surface area contributed by atoms with Gasteiger partial charge in [0, 0.05) is 13.1 Å². The summed E-state index contributed by atoms with van der Waals surface area (Å²) in [5.41, 5.74) is -1.32. The van der Waals surface area contributed by atoms with E-state index < -0.39 is 35.6 Å². The second-order valence-corrected chi connectivity index (χ2v) is 5.48. The van der Waals surface area contributed by atoms with E-state index >= 15 is 0 Å². The highest BCUT2D eigenvalue weighted by molar-refractivity contribution is 5.81. The Morgan fingerprint density at radius 3 is 2.48 bits per heavy atom. The van der Waals surface area contributed by atoms with Gasteiger partial charge in [-0.1, -0.05) is 6.07 Å². The Hall–Kier alpha value is -1.67. The lowest BCUT2D eigenvalue weighted by molar-refractivity contribution is -0.138. The normalized spacial score (nSPS) is 14.7. The Labute approximate surface area is 132 Å². The molecule has 1 unspecified atom stereocenters. The number of alkyl halides is 3. The maximum Gasteiger partial charge on any atom is 0.416 e. The van der Waals surface area contributed by atoms with Crippen molar-refractivity contribution in [3.63, 3.8) is 0 Å². The summed E-state index contributed by atoms with van der Waals surface area (Å²) in [5, 5.41) is 11.7. The van der Waals surface area contributed by atoms with Crippen LogP contribution < -0.4 is 5.32 Å². The lowest BCUT2D eigenvalue weighted by Crippen LogP contribution is -2.45. The molecular formula is C15H20F4N2O2. The molecule has 0 bridgehead atoms. The molecule has 0 aliphatic rings. The van der Waals surface area contributed by atoms with Gasteiger partial charge in [-0.2, -0.15) is 13.2 Å². The smallest absolute Gasteiger partial charge is 0.392 e. The second kappa shape index (κ2) is 7.74. The topological polar surface area (TPSA) is 52.6 Å². The molecule has 130 valence electrons.